The van der Waals surface area contributed by atoms with E-state index in [9.17, 15) is 9.59 Å². The van der Waals surface area contributed by atoms with E-state index < -0.39 is 12.1 Å². The first-order valence-electron chi connectivity index (χ1n) is 8.43. The van der Waals surface area contributed by atoms with Crippen molar-refractivity contribution in [3.63, 3.8) is 0 Å². The molecule has 1 heterocycles. The van der Waals surface area contributed by atoms with Crippen LogP contribution in [-0.4, -0.2) is 36.3 Å². The molecule has 1 amide bonds. The number of benzene rings is 1. The fraction of sp³-hybridized carbons (Fsp3) is 0.368. The number of carboxylic acids is 1. The molecule has 0 aliphatic heterocycles. The third-order valence-corrected chi connectivity index (χ3v) is 4.50. The molecule has 1 aromatic heterocycles. The number of carbonyl (C=O) groups excluding carboxylic acids is 1. The fourth-order valence-corrected chi connectivity index (χ4v) is 2.95. The molecule has 0 radical (unpaired) electrons. The van der Waals surface area contributed by atoms with Crippen molar-refractivity contribution in [1.82, 2.24) is 5.32 Å². The Kier molecular flexibility index (Phi) is 8.11. The highest BCUT2D eigenvalue weighted by Gasteiger charge is 2.17. The van der Waals surface area contributed by atoms with E-state index in [0.29, 0.717) is 25.3 Å². The summed E-state index contributed by atoms with van der Waals surface area (Å²) in [4.78, 5) is 24.0. The Morgan fingerprint density at radius 1 is 1.23 bits per heavy atom. The van der Waals surface area contributed by atoms with E-state index in [0.717, 1.165) is 10.4 Å². The van der Waals surface area contributed by atoms with Gasteiger partial charge in [-0.1, -0.05) is 18.2 Å². The number of thiophene rings is 1. The predicted molar refractivity (Wildman–Crippen MR) is 99.5 cm³/mol. The lowest BCUT2D eigenvalue weighted by molar-refractivity contribution is -0.149. The molecule has 0 spiro atoms. The van der Waals surface area contributed by atoms with Gasteiger partial charge in [-0.15, -0.1) is 11.3 Å². The van der Waals surface area contributed by atoms with Crippen LogP contribution >= 0.6 is 11.3 Å². The lowest BCUT2D eigenvalue weighted by Crippen LogP contribution is -2.26. The molecular weight excluding hydrogens is 354 g/mol. The quantitative estimate of drug-likeness (QED) is 0.629. The Balaban J connectivity index is 1.71. The molecule has 0 unspecified atom stereocenters. The molecule has 2 aromatic rings. The van der Waals surface area contributed by atoms with Crippen molar-refractivity contribution in [3.05, 3.63) is 52.2 Å². The molecule has 6 nitrogen and oxygen atoms in total. The molecular formula is C19H23NO5S. The molecule has 1 aromatic carbocycles. The Morgan fingerprint density at radius 3 is 2.62 bits per heavy atom. The summed E-state index contributed by atoms with van der Waals surface area (Å²) in [6, 6.07) is 11.1. The summed E-state index contributed by atoms with van der Waals surface area (Å²) < 4.78 is 10.8. The standard InChI is InChI=1S/C19H23NO5S/c1-2-24-17(19(22)23)12-14-5-7-15(8-6-14)25-10-9-18(21)20-13-16-4-3-11-26-16/h3-8,11,17H,2,9-10,12-13H2,1H3,(H,20,21)(H,22,23)/t17-/m0/s1. The normalized spacial score (nSPS) is 11.7. The second-order valence-corrected chi connectivity index (χ2v) is 6.62. The van der Waals surface area contributed by atoms with Crippen LogP contribution in [-0.2, 0) is 27.3 Å². The van der Waals surface area contributed by atoms with Gasteiger partial charge in [0.05, 0.1) is 19.6 Å². The van der Waals surface area contributed by atoms with Crippen molar-refractivity contribution in [2.24, 2.45) is 0 Å². The fourth-order valence-electron chi connectivity index (χ4n) is 2.30. The van der Waals surface area contributed by atoms with Gasteiger partial charge in [-0.25, -0.2) is 4.79 Å². The lowest BCUT2D eigenvalue weighted by Gasteiger charge is -2.13. The number of hydrogen-bond donors (Lipinski definition) is 2. The summed E-state index contributed by atoms with van der Waals surface area (Å²) in [5, 5.41) is 13.9. The SMILES string of the molecule is CCO[C@@H](Cc1ccc(OCCC(=O)NCc2cccs2)cc1)C(=O)O. The number of nitrogens with one attached hydrogen (secondary N) is 1. The average Bonchev–Trinajstić information content (AvgIpc) is 3.14. The lowest BCUT2D eigenvalue weighted by atomic mass is 10.1. The maximum Gasteiger partial charge on any atom is 0.333 e. The van der Waals surface area contributed by atoms with Gasteiger partial charge in [-0.2, -0.15) is 0 Å². The van der Waals surface area contributed by atoms with E-state index in [1.165, 1.54) is 0 Å². The number of carbonyl (C=O) groups is 2. The van der Waals surface area contributed by atoms with Gasteiger partial charge in [0.2, 0.25) is 5.91 Å². The summed E-state index contributed by atoms with van der Waals surface area (Å²) in [6.07, 6.45) is -0.272. The third-order valence-electron chi connectivity index (χ3n) is 3.63. The Morgan fingerprint density at radius 2 is 2.00 bits per heavy atom. The van der Waals surface area contributed by atoms with Crippen LogP contribution in [0.25, 0.3) is 0 Å². The molecule has 0 bridgehead atoms. The Labute approximate surface area is 156 Å². The van der Waals surface area contributed by atoms with E-state index in [2.05, 4.69) is 5.32 Å². The van der Waals surface area contributed by atoms with E-state index in [1.54, 1.807) is 42.5 Å². The second-order valence-electron chi connectivity index (χ2n) is 5.58. The van der Waals surface area contributed by atoms with Gasteiger partial charge in [-0.05, 0) is 36.1 Å². The van der Waals surface area contributed by atoms with Crippen LogP contribution in [0.15, 0.2) is 41.8 Å². The molecule has 0 saturated heterocycles. The van der Waals surface area contributed by atoms with Crippen LogP contribution in [0.2, 0.25) is 0 Å². The van der Waals surface area contributed by atoms with Crippen molar-refractivity contribution in [1.29, 1.82) is 0 Å². The molecule has 0 aliphatic carbocycles. The summed E-state index contributed by atoms with van der Waals surface area (Å²) in [7, 11) is 0. The molecule has 2 N–H and O–H groups in total. The van der Waals surface area contributed by atoms with Crippen LogP contribution in [0.4, 0.5) is 0 Å². The van der Waals surface area contributed by atoms with E-state index in [1.807, 2.05) is 17.5 Å². The van der Waals surface area contributed by atoms with Crippen LogP contribution in [0, 0.1) is 0 Å². The zero-order valence-corrected chi connectivity index (χ0v) is 15.5. The molecule has 2 rings (SSSR count). The maximum atomic E-state index is 11.8. The van der Waals surface area contributed by atoms with Crippen LogP contribution in [0.5, 0.6) is 5.75 Å². The highest BCUT2D eigenvalue weighted by atomic mass is 32.1. The first kappa shape index (κ1) is 19.9. The highest BCUT2D eigenvalue weighted by molar-refractivity contribution is 7.09. The Bertz CT molecular complexity index is 684. The number of ether oxygens (including phenoxy) is 2. The van der Waals surface area contributed by atoms with Crippen molar-refractivity contribution >= 4 is 23.2 Å². The van der Waals surface area contributed by atoms with Gasteiger partial charge < -0.3 is 19.9 Å². The van der Waals surface area contributed by atoms with E-state index in [-0.39, 0.29) is 18.9 Å². The van der Waals surface area contributed by atoms with Gasteiger partial charge in [0, 0.05) is 17.9 Å². The average molecular weight is 377 g/mol. The predicted octanol–water partition coefficient (Wildman–Crippen LogP) is 2.87. The third kappa shape index (κ3) is 6.85. The summed E-state index contributed by atoms with van der Waals surface area (Å²) in [5.41, 5.74) is 0.854. The van der Waals surface area contributed by atoms with Gasteiger partial charge in [0.25, 0.3) is 0 Å². The minimum absolute atomic E-state index is 0.0592. The van der Waals surface area contributed by atoms with E-state index >= 15 is 0 Å². The van der Waals surface area contributed by atoms with Crippen LogP contribution in [0.1, 0.15) is 23.8 Å². The number of aliphatic carboxylic acids is 1. The van der Waals surface area contributed by atoms with Gasteiger partial charge >= 0.3 is 5.97 Å². The number of carboxylic acid groups (broad SMARTS) is 1. The van der Waals surface area contributed by atoms with Gasteiger partial charge in [0.15, 0.2) is 6.10 Å². The number of amides is 1. The maximum absolute atomic E-state index is 11.8. The molecule has 0 saturated carbocycles. The number of rotatable bonds is 11. The highest BCUT2D eigenvalue weighted by Crippen LogP contribution is 2.15. The monoisotopic (exact) mass is 377 g/mol. The largest absolute Gasteiger partial charge is 0.493 e. The zero-order valence-electron chi connectivity index (χ0n) is 14.6. The first-order chi connectivity index (χ1) is 12.6. The van der Waals surface area contributed by atoms with Gasteiger partial charge in [0.1, 0.15) is 5.75 Å². The van der Waals surface area contributed by atoms with Crippen molar-refractivity contribution < 1.29 is 24.2 Å². The van der Waals surface area contributed by atoms with Crippen LogP contribution < -0.4 is 10.1 Å². The van der Waals surface area contributed by atoms with Crippen molar-refractivity contribution in [2.45, 2.75) is 32.4 Å². The smallest absolute Gasteiger partial charge is 0.333 e. The van der Waals surface area contributed by atoms with Gasteiger partial charge in [-0.3, -0.25) is 4.79 Å². The van der Waals surface area contributed by atoms with E-state index in [4.69, 9.17) is 14.6 Å². The van der Waals surface area contributed by atoms with Crippen LogP contribution in [0.3, 0.4) is 0 Å². The molecule has 0 aliphatic rings. The first-order valence-corrected chi connectivity index (χ1v) is 9.31. The van der Waals surface area contributed by atoms with Crippen molar-refractivity contribution in [2.75, 3.05) is 13.2 Å². The molecule has 26 heavy (non-hydrogen) atoms. The summed E-state index contributed by atoms with van der Waals surface area (Å²) >= 11 is 1.60. The molecule has 140 valence electrons. The molecule has 0 fully saturated rings. The second kappa shape index (κ2) is 10.6. The minimum atomic E-state index is -0.972. The Hall–Kier alpha value is -2.38. The summed E-state index contributed by atoms with van der Waals surface area (Å²) in [6.45, 7) is 2.94. The molecule has 7 heteroatoms. The number of hydrogen-bond acceptors (Lipinski definition) is 5. The zero-order chi connectivity index (χ0) is 18.8. The molecule has 1 atom stereocenters. The minimum Gasteiger partial charge on any atom is -0.493 e. The summed E-state index contributed by atoms with van der Waals surface area (Å²) in [5.74, 6) is -0.389. The topological polar surface area (TPSA) is 84.9 Å². The van der Waals surface area contributed by atoms with Crippen molar-refractivity contribution in [3.8, 4) is 5.75 Å².